The number of barbiturate groups is 1. The number of halogens is 3. The standard InChI is InChI=1S/C26H18Cl2FN3O5/c1-14-17(27)5-4-8-21(14)32-25(35)16(24(34)31-26(32)36)11-15-9-10-22(18(28)12-15)37-13-23(33)30-20-7-3-2-6-19(20)29/h2-12H,13H2,1H3,(H,30,33)(H,31,34,36)/b16-11-. The SMILES string of the molecule is Cc1c(Cl)cccc1N1C(=O)NC(=O)/C(=C/c2ccc(OCC(=O)Nc3ccccc3F)c(Cl)c2)C1=O. The molecule has 0 spiro atoms. The summed E-state index contributed by atoms with van der Waals surface area (Å²) >= 11 is 12.4. The number of para-hydroxylation sites is 1. The average molecular weight is 542 g/mol. The minimum absolute atomic E-state index is 0.0140. The lowest BCUT2D eigenvalue weighted by molar-refractivity contribution is -0.122. The Bertz CT molecular complexity index is 1470. The maximum absolute atomic E-state index is 13.7. The molecule has 5 amide bonds. The van der Waals surface area contributed by atoms with Crippen molar-refractivity contribution in [1.29, 1.82) is 0 Å². The normalized spacial score (nSPS) is 14.5. The Kier molecular flexibility index (Phi) is 7.56. The summed E-state index contributed by atoms with van der Waals surface area (Å²) in [5.41, 5.74) is 0.811. The van der Waals surface area contributed by atoms with Crippen LogP contribution in [0.1, 0.15) is 11.1 Å². The van der Waals surface area contributed by atoms with Gasteiger partial charge in [0, 0.05) is 5.02 Å². The molecule has 8 nitrogen and oxygen atoms in total. The summed E-state index contributed by atoms with van der Waals surface area (Å²) in [6.07, 6.45) is 1.28. The highest BCUT2D eigenvalue weighted by Gasteiger charge is 2.37. The molecule has 11 heteroatoms. The molecule has 37 heavy (non-hydrogen) atoms. The van der Waals surface area contributed by atoms with Gasteiger partial charge in [0.05, 0.1) is 16.4 Å². The Balaban J connectivity index is 1.51. The van der Waals surface area contributed by atoms with E-state index in [-0.39, 0.29) is 27.7 Å². The van der Waals surface area contributed by atoms with Crippen molar-refractivity contribution in [3.05, 3.63) is 93.2 Å². The molecular formula is C26H18Cl2FN3O5. The van der Waals surface area contributed by atoms with Gasteiger partial charge in [-0.3, -0.25) is 19.7 Å². The molecule has 0 unspecified atom stereocenters. The number of hydrogen-bond donors (Lipinski definition) is 2. The Labute approximate surface area is 220 Å². The molecule has 0 aromatic heterocycles. The molecule has 1 fully saturated rings. The van der Waals surface area contributed by atoms with Gasteiger partial charge >= 0.3 is 6.03 Å². The number of rotatable bonds is 6. The lowest BCUT2D eigenvalue weighted by atomic mass is 10.1. The highest BCUT2D eigenvalue weighted by molar-refractivity contribution is 6.40. The fourth-order valence-electron chi connectivity index (χ4n) is 3.50. The third-order valence-corrected chi connectivity index (χ3v) is 6.06. The van der Waals surface area contributed by atoms with Crippen molar-refractivity contribution in [3.63, 3.8) is 0 Å². The van der Waals surface area contributed by atoms with Gasteiger partial charge in [0.25, 0.3) is 17.7 Å². The summed E-state index contributed by atoms with van der Waals surface area (Å²) in [6.45, 7) is 1.21. The first-order chi connectivity index (χ1) is 17.7. The van der Waals surface area contributed by atoms with Gasteiger partial charge in [-0.2, -0.15) is 0 Å². The summed E-state index contributed by atoms with van der Waals surface area (Å²) in [5, 5.41) is 4.98. The predicted molar refractivity (Wildman–Crippen MR) is 137 cm³/mol. The first-order valence-corrected chi connectivity index (χ1v) is 11.5. The molecule has 0 saturated carbocycles. The number of carbonyl (C=O) groups excluding carboxylic acids is 4. The van der Waals surface area contributed by atoms with Crippen molar-refractivity contribution >= 4 is 64.4 Å². The van der Waals surface area contributed by atoms with E-state index >= 15 is 0 Å². The average Bonchev–Trinajstić information content (AvgIpc) is 2.85. The van der Waals surface area contributed by atoms with Gasteiger partial charge in [-0.05, 0) is 60.5 Å². The number of ether oxygens (including phenoxy) is 1. The second-order valence-corrected chi connectivity index (χ2v) is 8.66. The highest BCUT2D eigenvalue weighted by atomic mass is 35.5. The summed E-state index contributed by atoms with van der Waals surface area (Å²) in [5.74, 6) is -2.73. The summed E-state index contributed by atoms with van der Waals surface area (Å²) < 4.78 is 19.1. The highest BCUT2D eigenvalue weighted by Crippen LogP contribution is 2.31. The molecule has 188 valence electrons. The van der Waals surface area contributed by atoms with Crippen LogP contribution in [0.15, 0.2) is 66.2 Å². The first kappa shape index (κ1) is 25.9. The molecule has 0 bridgehead atoms. The zero-order valence-corrected chi connectivity index (χ0v) is 20.7. The fraction of sp³-hybridized carbons (Fsp3) is 0.0769. The van der Waals surface area contributed by atoms with Crippen LogP contribution in [0.2, 0.25) is 10.0 Å². The van der Waals surface area contributed by atoms with E-state index in [1.54, 1.807) is 25.1 Å². The number of nitrogens with zero attached hydrogens (tertiary/aromatic N) is 1. The van der Waals surface area contributed by atoms with Gasteiger partial charge in [0.1, 0.15) is 17.1 Å². The Morgan fingerprint density at radius 1 is 1.05 bits per heavy atom. The van der Waals surface area contributed by atoms with Crippen molar-refractivity contribution in [2.24, 2.45) is 0 Å². The van der Waals surface area contributed by atoms with E-state index in [9.17, 15) is 23.6 Å². The number of nitrogens with one attached hydrogen (secondary N) is 2. The van der Waals surface area contributed by atoms with Crippen LogP contribution in [0.5, 0.6) is 5.75 Å². The van der Waals surface area contributed by atoms with E-state index in [0.717, 1.165) is 4.90 Å². The van der Waals surface area contributed by atoms with Gasteiger partial charge in [-0.1, -0.05) is 47.5 Å². The largest absolute Gasteiger partial charge is 0.482 e. The molecule has 1 saturated heterocycles. The molecule has 2 N–H and O–H groups in total. The molecule has 1 heterocycles. The fourth-order valence-corrected chi connectivity index (χ4v) is 3.91. The molecule has 0 radical (unpaired) electrons. The van der Waals surface area contributed by atoms with Crippen molar-refractivity contribution < 1.29 is 28.3 Å². The smallest absolute Gasteiger partial charge is 0.335 e. The second-order valence-electron chi connectivity index (χ2n) is 7.85. The first-order valence-electron chi connectivity index (χ1n) is 10.8. The zero-order chi connectivity index (χ0) is 26.7. The Morgan fingerprint density at radius 3 is 2.54 bits per heavy atom. The van der Waals surface area contributed by atoms with E-state index in [1.165, 1.54) is 48.5 Å². The summed E-state index contributed by atoms with van der Waals surface area (Å²) in [7, 11) is 0. The summed E-state index contributed by atoms with van der Waals surface area (Å²) in [6, 6.07) is 13.9. The molecular weight excluding hydrogens is 524 g/mol. The number of hydrogen-bond acceptors (Lipinski definition) is 5. The summed E-state index contributed by atoms with van der Waals surface area (Å²) in [4.78, 5) is 50.9. The zero-order valence-electron chi connectivity index (χ0n) is 19.2. The number of imide groups is 2. The van der Waals surface area contributed by atoms with Crippen LogP contribution < -0.4 is 20.3 Å². The molecule has 1 aliphatic rings. The van der Waals surface area contributed by atoms with Crippen molar-refractivity contribution in [3.8, 4) is 5.75 Å². The van der Waals surface area contributed by atoms with Crippen LogP contribution in [-0.2, 0) is 14.4 Å². The van der Waals surface area contributed by atoms with Crippen LogP contribution in [0, 0.1) is 12.7 Å². The predicted octanol–water partition coefficient (Wildman–Crippen LogP) is 5.12. The van der Waals surface area contributed by atoms with Crippen LogP contribution in [-0.4, -0.2) is 30.4 Å². The van der Waals surface area contributed by atoms with Crippen molar-refractivity contribution in [2.75, 3.05) is 16.8 Å². The van der Waals surface area contributed by atoms with Gasteiger partial charge < -0.3 is 10.1 Å². The van der Waals surface area contributed by atoms with Crippen LogP contribution in [0.4, 0.5) is 20.6 Å². The third-order valence-electron chi connectivity index (χ3n) is 5.36. The molecule has 3 aromatic carbocycles. The topological polar surface area (TPSA) is 105 Å². The maximum atomic E-state index is 13.7. The quantitative estimate of drug-likeness (QED) is 0.332. The molecule has 0 atom stereocenters. The second kappa shape index (κ2) is 10.8. The van der Waals surface area contributed by atoms with E-state index < -0.39 is 36.2 Å². The van der Waals surface area contributed by atoms with Crippen LogP contribution in [0.25, 0.3) is 6.08 Å². The van der Waals surface area contributed by atoms with Crippen LogP contribution in [0.3, 0.4) is 0 Å². The number of anilines is 2. The van der Waals surface area contributed by atoms with Crippen LogP contribution >= 0.6 is 23.2 Å². The number of urea groups is 1. The maximum Gasteiger partial charge on any atom is 0.335 e. The van der Waals surface area contributed by atoms with E-state index in [0.29, 0.717) is 16.1 Å². The van der Waals surface area contributed by atoms with E-state index in [2.05, 4.69) is 10.6 Å². The molecule has 4 rings (SSSR count). The monoisotopic (exact) mass is 541 g/mol. The lowest BCUT2D eigenvalue weighted by Crippen LogP contribution is -2.54. The van der Waals surface area contributed by atoms with Gasteiger partial charge in [0.15, 0.2) is 6.61 Å². The van der Waals surface area contributed by atoms with Gasteiger partial charge in [0.2, 0.25) is 0 Å². The van der Waals surface area contributed by atoms with Crippen molar-refractivity contribution in [1.82, 2.24) is 5.32 Å². The minimum atomic E-state index is -0.895. The van der Waals surface area contributed by atoms with Gasteiger partial charge in [-0.25, -0.2) is 14.1 Å². The Hall–Kier alpha value is -4.21. The number of amides is 5. The lowest BCUT2D eigenvalue weighted by Gasteiger charge is -2.27. The molecule has 0 aliphatic carbocycles. The number of carbonyl (C=O) groups is 4. The van der Waals surface area contributed by atoms with E-state index in [4.69, 9.17) is 27.9 Å². The Morgan fingerprint density at radius 2 is 1.81 bits per heavy atom. The van der Waals surface area contributed by atoms with E-state index in [1.807, 2.05) is 0 Å². The third kappa shape index (κ3) is 5.63. The van der Waals surface area contributed by atoms with Gasteiger partial charge in [-0.15, -0.1) is 0 Å². The molecule has 1 aliphatic heterocycles. The minimum Gasteiger partial charge on any atom is -0.482 e. The number of benzene rings is 3. The van der Waals surface area contributed by atoms with Crippen molar-refractivity contribution in [2.45, 2.75) is 6.92 Å². The molecule has 3 aromatic rings.